The smallest absolute Gasteiger partial charge is 0.261 e. The molecule has 4 nitrogen and oxygen atoms in total. The molecular weight excluding hydrogens is 248 g/mol. The summed E-state index contributed by atoms with van der Waals surface area (Å²) in [5.41, 5.74) is 1.68. The summed E-state index contributed by atoms with van der Waals surface area (Å²) in [4.78, 5) is 27.8. The van der Waals surface area contributed by atoms with Gasteiger partial charge < -0.3 is 0 Å². The zero-order valence-electron chi connectivity index (χ0n) is 10.7. The third kappa shape index (κ3) is 2.27. The van der Waals surface area contributed by atoms with Crippen molar-refractivity contribution in [1.29, 1.82) is 0 Å². The van der Waals surface area contributed by atoms with Gasteiger partial charge in [-0.2, -0.15) is 0 Å². The van der Waals surface area contributed by atoms with Crippen molar-refractivity contribution in [2.24, 2.45) is 0 Å². The van der Waals surface area contributed by atoms with Gasteiger partial charge in [0.1, 0.15) is 5.03 Å². The Labute approximate surface area is 111 Å². The predicted molar refractivity (Wildman–Crippen MR) is 71.0 cm³/mol. The fraction of sp³-hybridized carbons (Fsp3) is 0.462. The standard InChI is InChI=1S/C13H16N2O2S/c1-4-8(5-2)18-13-10-9(6-7(3)14-13)11(16)15-12(10)17/h6,8H,4-5H2,1-3H3,(H,15,16,17). The number of carbonyl (C=O) groups excluding carboxylic acids is 2. The van der Waals surface area contributed by atoms with Gasteiger partial charge in [-0.3, -0.25) is 14.9 Å². The Morgan fingerprint density at radius 2 is 1.94 bits per heavy atom. The van der Waals surface area contributed by atoms with Gasteiger partial charge in [0.2, 0.25) is 0 Å². The third-order valence-corrected chi connectivity index (χ3v) is 4.52. The summed E-state index contributed by atoms with van der Waals surface area (Å²) in [6.07, 6.45) is 2.03. The predicted octanol–water partition coefficient (Wildman–Crippen LogP) is 2.55. The first-order valence-electron chi connectivity index (χ1n) is 6.10. The number of thioether (sulfide) groups is 1. The summed E-state index contributed by atoms with van der Waals surface area (Å²) >= 11 is 1.59. The summed E-state index contributed by atoms with van der Waals surface area (Å²) in [6, 6.07) is 1.67. The van der Waals surface area contributed by atoms with E-state index in [9.17, 15) is 9.59 Å². The second kappa shape index (κ2) is 5.10. The number of aryl methyl sites for hydroxylation is 1. The van der Waals surface area contributed by atoms with Crippen LogP contribution in [0.5, 0.6) is 0 Å². The highest BCUT2D eigenvalue weighted by Gasteiger charge is 2.31. The molecule has 96 valence electrons. The van der Waals surface area contributed by atoms with Crippen molar-refractivity contribution < 1.29 is 9.59 Å². The number of rotatable bonds is 4. The van der Waals surface area contributed by atoms with Crippen LogP contribution in [0.25, 0.3) is 0 Å². The van der Waals surface area contributed by atoms with Crippen molar-refractivity contribution in [2.45, 2.75) is 43.9 Å². The summed E-state index contributed by atoms with van der Waals surface area (Å²) < 4.78 is 0. The van der Waals surface area contributed by atoms with Crippen molar-refractivity contribution in [3.63, 3.8) is 0 Å². The van der Waals surface area contributed by atoms with Crippen LogP contribution < -0.4 is 5.32 Å². The minimum Gasteiger partial charge on any atom is -0.288 e. The van der Waals surface area contributed by atoms with E-state index in [2.05, 4.69) is 24.1 Å². The molecule has 0 atom stereocenters. The van der Waals surface area contributed by atoms with Gasteiger partial charge in [0.05, 0.1) is 11.1 Å². The number of hydrogen-bond acceptors (Lipinski definition) is 4. The number of imide groups is 1. The number of carbonyl (C=O) groups is 2. The molecule has 2 heterocycles. The molecule has 0 unspecified atom stereocenters. The van der Waals surface area contributed by atoms with Crippen LogP contribution in [0.15, 0.2) is 11.1 Å². The molecule has 1 aromatic rings. The van der Waals surface area contributed by atoms with Crippen molar-refractivity contribution in [2.75, 3.05) is 0 Å². The summed E-state index contributed by atoms with van der Waals surface area (Å²) in [5, 5.41) is 3.43. The van der Waals surface area contributed by atoms with Gasteiger partial charge in [-0.15, -0.1) is 11.8 Å². The maximum atomic E-state index is 11.8. The molecule has 0 aromatic carbocycles. The van der Waals surface area contributed by atoms with Crippen molar-refractivity contribution >= 4 is 23.6 Å². The number of amides is 2. The Balaban J connectivity index is 2.45. The van der Waals surface area contributed by atoms with E-state index >= 15 is 0 Å². The molecule has 2 rings (SSSR count). The summed E-state index contributed by atoms with van der Waals surface area (Å²) in [7, 11) is 0. The molecule has 0 saturated carbocycles. The Kier molecular flexibility index (Phi) is 3.71. The van der Waals surface area contributed by atoms with Crippen molar-refractivity contribution in [3.8, 4) is 0 Å². The van der Waals surface area contributed by atoms with Crippen LogP contribution in [0, 0.1) is 6.92 Å². The van der Waals surface area contributed by atoms with Gasteiger partial charge in [0.25, 0.3) is 11.8 Å². The Morgan fingerprint density at radius 3 is 2.56 bits per heavy atom. The number of aromatic nitrogens is 1. The Hall–Kier alpha value is -1.36. The third-order valence-electron chi connectivity index (χ3n) is 3.00. The minimum atomic E-state index is -0.323. The normalized spacial score (nSPS) is 14.0. The van der Waals surface area contributed by atoms with Gasteiger partial charge in [0, 0.05) is 10.9 Å². The molecule has 1 aromatic heterocycles. The van der Waals surface area contributed by atoms with E-state index in [1.807, 2.05) is 6.92 Å². The van der Waals surface area contributed by atoms with Crippen LogP contribution in [0.1, 0.15) is 53.1 Å². The molecule has 2 amide bonds. The number of nitrogens with one attached hydrogen (secondary N) is 1. The van der Waals surface area contributed by atoms with E-state index in [1.165, 1.54) is 0 Å². The van der Waals surface area contributed by atoms with E-state index in [4.69, 9.17) is 0 Å². The Bertz CT molecular complexity index is 510. The molecule has 0 spiro atoms. The SMILES string of the molecule is CCC(CC)Sc1nc(C)cc2c1C(=O)NC2=O. The van der Waals surface area contributed by atoms with Crippen molar-refractivity contribution in [1.82, 2.24) is 10.3 Å². The molecule has 1 aliphatic rings. The largest absolute Gasteiger partial charge is 0.288 e. The molecule has 18 heavy (non-hydrogen) atoms. The highest BCUT2D eigenvalue weighted by molar-refractivity contribution is 7.99. The zero-order chi connectivity index (χ0) is 13.3. The van der Waals surface area contributed by atoms with Crippen LogP contribution in [-0.2, 0) is 0 Å². The van der Waals surface area contributed by atoms with Crippen LogP contribution in [0.3, 0.4) is 0 Å². The number of nitrogens with zero attached hydrogens (tertiary/aromatic N) is 1. The van der Waals surface area contributed by atoms with E-state index in [-0.39, 0.29) is 11.8 Å². The average molecular weight is 264 g/mol. The topological polar surface area (TPSA) is 59.1 Å². The molecule has 0 saturated heterocycles. The Morgan fingerprint density at radius 1 is 1.28 bits per heavy atom. The highest BCUT2D eigenvalue weighted by atomic mass is 32.2. The minimum absolute atomic E-state index is 0.313. The van der Waals surface area contributed by atoms with Crippen LogP contribution in [0.4, 0.5) is 0 Å². The fourth-order valence-corrected chi connectivity index (χ4v) is 3.14. The monoisotopic (exact) mass is 264 g/mol. The number of pyridine rings is 1. The number of hydrogen-bond donors (Lipinski definition) is 1. The zero-order valence-corrected chi connectivity index (χ0v) is 11.6. The molecule has 1 aliphatic heterocycles. The molecule has 0 radical (unpaired) electrons. The molecule has 1 N–H and O–H groups in total. The van der Waals surface area contributed by atoms with E-state index in [0.717, 1.165) is 18.5 Å². The van der Waals surface area contributed by atoms with Gasteiger partial charge in [-0.05, 0) is 25.8 Å². The van der Waals surface area contributed by atoms with E-state index < -0.39 is 0 Å². The first-order chi connectivity index (χ1) is 8.56. The van der Waals surface area contributed by atoms with Gasteiger partial charge in [-0.25, -0.2) is 4.98 Å². The lowest BCUT2D eigenvalue weighted by molar-refractivity contribution is 0.0878. The maximum absolute atomic E-state index is 11.8. The maximum Gasteiger partial charge on any atom is 0.261 e. The molecule has 0 aliphatic carbocycles. The first kappa shape index (κ1) is 13.1. The van der Waals surface area contributed by atoms with Gasteiger partial charge in [-0.1, -0.05) is 13.8 Å². The van der Waals surface area contributed by atoms with Crippen LogP contribution in [0.2, 0.25) is 0 Å². The molecule has 0 bridgehead atoms. The van der Waals surface area contributed by atoms with Gasteiger partial charge >= 0.3 is 0 Å². The second-order valence-electron chi connectivity index (χ2n) is 4.33. The molecular formula is C13H16N2O2S. The lowest BCUT2D eigenvalue weighted by atomic mass is 10.1. The lowest BCUT2D eigenvalue weighted by Crippen LogP contribution is -2.20. The number of fused-ring (bicyclic) bond motifs is 1. The van der Waals surface area contributed by atoms with Gasteiger partial charge in [0.15, 0.2) is 0 Å². The molecule has 0 fully saturated rings. The first-order valence-corrected chi connectivity index (χ1v) is 6.98. The van der Waals surface area contributed by atoms with E-state index in [1.54, 1.807) is 17.8 Å². The lowest BCUT2D eigenvalue weighted by Gasteiger charge is -2.13. The highest BCUT2D eigenvalue weighted by Crippen LogP contribution is 2.32. The van der Waals surface area contributed by atoms with Crippen LogP contribution >= 0.6 is 11.8 Å². The quantitative estimate of drug-likeness (QED) is 0.670. The summed E-state index contributed by atoms with van der Waals surface area (Å²) in [6.45, 7) is 6.07. The average Bonchev–Trinajstić information content (AvgIpc) is 2.61. The molecule has 5 heteroatoms. The summed E-state index contributed by atoms with van der Waals surface area (Å²) in [5.74, 6) is -0.636. The van der Waals surface area contributed by atoms with E-state index in [0.29, 0.717) is 21.4 Å². The van der Waals surface area contributed by atoms with Crippen molar-refractivity contribution in [3.05, 3.63) is 22.9 Å². The second-order valence-corrected chi connectivity index (χ2v) is 5.62. The van der Waals surface area contributed by atoms with Crippen LogP contribution in [-0.4, -0.2) is 22.0 Å². The fourth-order valence-electron chi connectivity index (χ4n) is 1.97.